The fourth-order valence-electron chi connectivity index (χ4n) is 3.10. The van der Waals surface area contributed by atoms with Gasteiger partial charge < -0.3 is 9.84 Å². The Balaban J connectivity index is 2.07. The number of hydrogen-bond donors (Lipinski definition) is 1. The Kier molecular flexibility index (Phi) is 2.72. The molecule has 1 aromatic rings. The number of aliphatic carboxylic acids is 1. The fourth-order valence-corrected chi connectivity index (χ4v) is 3.68. The van der Waals surface area contributed by atoms with Gasteiger partial charge in [-0.3, -0.25) is 4.79 Å². The van der Waals surface area contributed by atoms with Crippen LogP contribution in [0.1, 0.15) is 44.2 Å². The van der Waals surface area contributed by atoms with E-state index in [4.69, 9.17) is 4.74 Å². The van der Waals surface area contributed by atoms with Crippen LogP contribution in [0.4, 0.5) is 0 Å². The Morgan fingerprint density at radius 1 is 1.37 bits per heavy atom. The van der Waals surface area contributed by atoms with Crippen LogP contribution >= 0.6 is 15.9 Å². The van der Waals surface area contributed by atoms with Crippen molar-refractivity contribution >= 4 is 21.9 Å². The van der Waals surface area contributed by atoms with Crippen molar-refractivity contribution in [1.82, 2.24) is 0 Å². The van der Waals surface area contributed by atoms with E-state index in [1.54, 1.807) is 0 Å². The number of fused-ring (bicyclic) bond motifs is 1. The smallest absolute Gasteiger partial charge is 0.314 e. The van der Waals surface area contributed by atoms with Gasteiger partial charge in [0.15, 0.2) is 0 Å². The molecule has 1 aliphatic heterocycles. The Morgan fingerprint density at radius 2 is 2.05 bits per heavy atom. The van der Waals surface area contributed by atoms with Crippen LogP contribution in [0.15, 0.2) is 16.6 Å². The first-order valence-corrected chi connectivity index (χ1v) is 7.39. The van der Waals surface area contributed by atoms with Crippen molar-refractivity contribution in [2.75, 3.05) is 0 Å². The van der Waals surface area contributed by atoms with E-state index in [1.165, 1.54) is 0 Å². The zero-order valence-electron chi connectivity index (χ0n) is 11.1. The van der Waals surface area contributed by atoms with Gasteiger partial charge in [-0.05, 0) is 59.8 Å². The second-order valence-corrected chi connectivity index (χ2v) is 7.08. The first-order chi connectivity index (χ1) is 8.84. The topological polar surface area (TPSA) is 46.5 Å². The molecule has 0 unspecified atom stereocenters. The second-order valence-electron chi connectivity index (χ2n) is 6.23. The Bertz CT molecular complexity index is 559. The molecule has 0 amide bonds. The van der Waals surface area contributed by atoms with Gasteiger partial charge in [0.1, 0.15) is 11.4 Å². The molecule has 1 aromatic carbocycles. The van der Waals surface area contributed by atoms with Crippen LogP contribution in [-0.4, -0.2) is 16.7 Å². The summed E-state index contributed by atoms with van der Waals surface area (Å²) < 4.78 is 6.78. The highest BCUT2D eigenvalue weighted by Crippen LogP contribution is 2.48. The minimum Gasteiger partial charge on any atom is -0.486 e. The summed E-state index contributed by atoms with van der Waals surface area (Å²) in [6, 6.07) is 3.95. The molecule has 2 aliphatic rings. The highest BCUT2D eigenvalue weighted by atomic mass is 79.9. The Labute approximate surface area is 121 Å². The van der Waals surface area contributed by atoms with E-state index in [2.05, 4.69) is 29.8 Å². The Morgan fingerprint density at radius 3 is 2.58 bits per heavy atom. The minimum atomic E-state index is -0.705. The van der Waals surface area contributed by atoms with Gasteiger partial charge in [-0.1, -0.05) is 12.5 Å². The van der Waals surface area contributed by atoms with Gasteiger partial charge in [-0.15, -0.1) is 0 Å². The zero-order chi connectivity index (χ0) is 13.8. The van der Waals surface area contributed by atoms with Crippen molar-refractivity contribution in [2.24, 2.45) is 0 Å². The molecule has 1 heterocycles. The molecule has 3 nitrogen and oxygen atoms in total. The molecule has 0 radical (unpaired) electrons. The number of benzene rings is 1. The van der Waals surface area contributed by atoms with E-state index in [-0.39, 0.29) is 5.60 Å². The van der Waals surface area contributed by atoms with Gasteiger partial charge >= 0.3 is 5.97 Å². The lowest BCUT2D eigenvalue weighted by atomic mass is 9.64. The maximum atomic E-state index is 11.6. The molecule has 1 aliphatic carbocycles. The minimum absolute atomic E-state index is 0.209. The number of ether oxygens (including phenoxy) is 1. The number of hydrogen-bond acceptors (Lipinski definition) is 2. The van der Waals surface area contributed by atoms with Crippen molar-refractivity contribution in [3.63, 3.8) is 0 Å². The number of carboxylic acids is 1. The van der Waals surface area contributed by atoms with E-state index >= 15 is 0 Å². The van der Waals surface area contributed by atoms with Crippen molar-refractivity contribution in [1.29, 1.82) is 0 Å². The number of halogens is 1. The molecular weight excluding hydrogens is 308 g/mol. The van der Waals surface area contributed by atoms with Crippen molar-refractivity contribution < 1.29 is 14.6 Å². The average molecular weight is 325 g/mol. The molecule has 4 heteroatoms. The van der Waals surface area contributed by atoms with Crippen LogP contribution in [0, 0.1) is 0 Å². The summed E-state index contributed by atoms with van der Waals surface area (Å²) >= 11 is 3.53. The lowest BCUT2D eigenvalue weighted by Gasteiger charge is -2.38. The predicted molar refractivity (Wildman–Crippen MR) is 75.7 cm³/mol. The van der Waals surface area contributed by atoms with Gasteiger partial charge in [-0.25, -0.2) is 0 Å². The molecule has 0 atom stereocenters. The highest BCUT2D eigenvalue weighted by molar-refractivity contribution is 9.10. The van der Waals surface area contributed by atoms with Gasteiger partial charge in [0.05, 0.1) is 9.89 Å². The van der Waals surface area contributed by atoms with Crippen molar-refractivity contribution in [3.05, 3.63) is 27.7 Å². The van der Waals surface area contributed by atoms with Crippen LogP contribution in [0.25, 0.3) is 0 Å². The van der Waals surface area contributed by atoms with Crippen LogP contribution in [0.3, 0.4) is 0 Å². The molecular formula is C15H17BrO3. The highest BCUT2D eigenvalue weighted by Gasteiger charge is 2.47. The lowest BCUT2D eigenvalue weighted by molar-refractivity contribution is -0.147. The van der Waals surface area contributed by atoms with Crippen LogP contribution in [0.5, 0.6) is 5.75 Å². The Hall–Kier alpha value is -1.03. The molecule has 0 spiro atoms. The van der Waals surface area contributed by atoms with Gasteiger partial charge in [0.2, 0.25) is 0 Å². The van der Waals surface area contributed by atoms with E-state index in [0.717, 1.165) is 47.0 Å². The van der Waals surface area contributed by atoms with E-state index in [0.29, 0.717) is 0 Å². The SMILES string of the molecule is CC1(C)Cc2cc(C3(C(=O)O)CCC3)cc(Br)c2O1. The molecule has 102 valence electrons. The predicted octanol–water partition coefficient (Wildman–Crippen LogP) is 3.67. The summed E-state index contributed by atoms with van der Waals surface area (Å²) in [5, 5.41) is 9.53. The molecule has 0 aromatic heterocycles. The van der Waals surface area contributed by atoms with Gasteiger partial charge in [0, 0.05) is 6.42 Å². The molecule has 0 bridgehead atoms. The lowest BCUT2D eigenvalue weighted by Crippen LogP contribution is -2.42. The first-order valence-electron chi connectivity index (χ1n) is 6.59. The van der Waals surface area contributed by atoms with E-state index in [9.17, 15) is 9.90 Å². The fraction of sp³-hybridized carbons (Fsp3) is 0.533. The van der Waals surface area contributed by atoms with Gasteiger partial charge in [0.25, 0.3) is 0 Å². The summed E-state index contributed by atoms with van der Waals surface area (Å²) in [6.07, 6.45) is 3.28. The molecule has 19 heavy (non-hydrogen) atoms. The van der Waals surface area contributed by atoms with Crippen LogP contribution in [0.2, 0.25) is 0 Å². The third-order valence-electron chi connectivity index (χ3n) is 4.28. The van der Waals surface area contributed by atoms with Crippen LogP contribution < -0.4 is 4.74 Å². The monoisotopic (exact) mass is 324 g/mol. The molecule has 3 rings (SSSR count). The molecule has 1 fully saturated rings. The number of carboxylic acid groups (broad SMARTS) is 1. The summed E-state index contributed by atoms with van der Waals surface area (Å²) in [5.41, 5.74) is 1.14. The third-order valence-corrected chi connectivity index (χ3v) is 4.87. The average Bonchev–Trinajstić information content (AvgIpc) is 2.50. The standard InChI is InChI=1S/C15H17BrO3/c1-14(2)8-9-6-10(7-11(16)12(9)19-14)15(13(17)18)4-3-5-15/h6-7H,3-5,8H2,1-2H3,(H,17,18). The summed E-state index contributed by atoms with van der Waals surface area (Å²) in [6.45, 7) is 4.10. The second kappa shape index (κ2) is 3.98. The zero-order valence-corrected chi connectivity index (χ0v) is 12.7. The first kappa shape index (κ1) is 13.0. The largest absolute Gasteiger partial charge is 0.486 e. The van der Waals surface area contributed by atoms with E-state index in [1.807, 2.05) is 12.1 Å². The quantitative estimate of drug-likeness (QED) is 0.902. The molecule has 1 N–H and O–H groups in total. The maximum absolute atomic E-state index is 11.6. The van der Waals surface area contributed by atoms with Crippen molar-refractivity contribution in [2.45, 2.75) is 50.5 Å². The number of carbonyl (C=O) groups is 1. The van der Waals surface area contributed by atoms with E-state index < -0.39 is 11.4 Å². The molecule has 0 saturated heterocycles. The third kappa shape index (κ3) is 1.88. The summed E-state index contributed by atoms with van der Waals surface area (Å²) in [4.78, 5) is 11.6. The van der Waals surface area contributed by atoms with Crippen LogP contribution in [-0.2, 0) is 16.6 Å². The number of rotatable bonds is 2. The summed E-state index contributed by atoms with van der Waals surface area (Å²) in [5.74, 6) is 0.164. The maximum Gasteiger partial charge on any atom is 0.314 e. The summed E-state index contributed by atoms with van der Waals surface area (Å²) in [7, 11) is 0. The normalized spacial score (nSPS) is 22.3. The molecule has 1 saturated carbocycles. The van der Waals surface area contributed by atoms with Gasteiger partial charge in [-0.2, -0.15) is 0 Å². The van der Waals surface area contributed by atoms with Crippen molar-refractivity contribution in [3.8, 4) is 5.75 Å².